The van der Waals surface area contributed by atoms with Gasteiger partial charge in [-0.05, 0) is 90.2 Å². The molecule has 1 aliphatic heterocycles. The highest BCUT2D eigenvalue weighted by Gasteiger charge is 2.26. The molecule has 0 bridgehead atoms. The topological polar surface area (TPSA) is 171 Å². The third kappa shape index (κ3) is 12.8. The number of halogens is 1. The van der Waals surface area contributed by atoms with E-state index in [9.17, 15) is 31.7 Å². The number of hydrogen-bond donors (Lipinski definition) is 3. The lowest BCUT2D eigenvalue weighted by atomic mass is 9.99. The van der Waals surface area contributed by atoms with Crippen molar-refractivity contribution in [2.75, 3.05) is 54.9 Å². The molecule has 0 radical (unpaired) electrons. The van der Waals surface area contributed by atoms with Gasteiger partial charge in [0.05, 0.1) is 16.1 Å². The molecule has 1 saturated heterocycles. The first-order valence-corrected chi connectivity index (χ1v) is 24.1. The van der Waals surface area contributed by atoms with Crippen molar-refractivity contribution in [1.29, 1.82) is 0 Å². The summed E-state index contributed by atoms with van der Waals surface area (Å²) in [6.07, 6.45) is 2.84. The minimum absolute atomic E-state index is 0.123. The Morgan fingerprint density at radius 2 is 1.53 bits per heavy atom. The van der Waals surface area contributed by atoms with Crippen molar-refractivity contribution in [2.45, 2.75) is 41.6 Å². The van der Waals surface area contributed by atoms with Gasteiger partial charge in [-0.15, -0.1) is 11.8 Å². The van der Waals surface area contributed by atoms with Crippen LogP contribution >= 0.6 is 23.4 Å². The van der Waals surface area contributed by atoms with Crippen LogP contribution in [0.5, 0.6) is 0 Å². The van der Waals surface area contributed by atoms with Crippen LogP contribution in [-0.4, -0.2) is 83.3 Å². The van der Waals surface area contributed by atoms with E-state index in [1.165, 1.54) is 23.3 Å². The van der Waals surface area contributed by atoms with E-state index in [1.807, 2.05) is 66.7 Å². The molecule has 6 rings (SSSR count). The number of anilines is 2. The number of nitrogens with one attached hydrogen (secondary N) is 3. The summed E-state index contributed by atoms with van der Waals surface area (Å²) in [6, 6.07) is 35.8. The predicted octanol–water partition coefficient (Wildman–Crippen LogP) is 7.65. The Morgan fingerprint density at radius 1 is 0.850 bits per heavy atom. The predicted molar refractivity (Wildman–Crippen MR) is 240 cm³/mol. The van der Waals surface area contributed by atoms with Crippen LogP contribution < -0.4 is 19.7 Å². The van der Waals surface area contributed by atoms with Gasteiger partial charge in [-0.1, -0.05) is 72.6 Å². The van der Waals surface area contributed by atoms with Crippen molar-refractivity contribution >= 4 is 66.4 Å². The first-order chi connectivity index (χ1) is 28.7. The zero-order chi connectivity index (χ0) is 42.7. The third-order valence-electron chi connectivity index (χ3n) is 10.0. The van der Waals surface area contributed by atoms with Crippen LogP contribution in [0.2, 0.25) is 5.02 Å². The van der Waals surface area contributed by atoms with Crippen LogP contribution in [0.15, 0.2) is 131 Å². The zero-order valence-electron chi connectivity index (χ0n) is 33.0. The van der Waals surface area contributed by atoms with E-state index in [-0.39, 0.29) is 23.8 Å². The second-order valence-corrected chi connectivity index (χ2v) is 19.5. The van der Waals surface area contributed by atoms with Gasteiger partial charge < -0.3 is 10.2 Å². The number of sulfonamides is 2. The smallest absolute Gasteiger partial charge is 0.293 e. The SMILES string of the molecule is CS(=O)(=O)NCCCC[C@H](CSc1ccccc1)Nc1ccc(S(=O)(=O)NC(=O)c2ccc(N3CCN(Cc4ccccc4-c4ccc(Cl)cc4)CC3)cc2)cc1[N+](=O)[O-]. The molecule has 0 spiro atoms. The lowest BCUT2D eigenvalue weighted by Gasteiger charge is -2.36. The van der Waals surface area contributed by atoms with Gasteiger partial charge in [-0.2, -0.15) is 0 Å². The van der Waals surface area contributed by atoms with Crippen LogP contribution in [0.4, 0.5) is 17.1 Å². The number of rotatable bonds is 19. The van der Waals surface area contributed by atoms with Crippen molar-refractivity contribution in [3.63, 3.8) is 0 Å². The molecule has 0 saturated carbocycles. The number of nitrogens with zero attached hydrogens (tertiary/aromatic N) is 3. The summed E-state index contributed by atoms with van der Waals surface area (Å²) in [5, 5.41) is 16.2. The van der Waals surface area contributed by atoms with Crippen molar-refractivity contribution < 1.29 is 26.6 Å². The summed E-state index contributed by atoms with van der Waals surface area (Å²) >= 11 is 7.67. The summed E-state index contributed by atoms with van der Waals surface area (Å²) in [5.41, 5.74) is 4.20. The molecule has 3 N–H and O–H groups in total. The Balaban J connectivity index is 1.05. The Bertz CT molecular complexity index is 2470. The number of carbonyl (C=O) groups is 1. The summed E-state index contributed by atoms with van der Waals surface area (Å²) in [5.74, 6) is -0.328. The van der Waals surface area contributed by atoms with Crippen molar-refractivity contribution in [1.82, 2.24) is 14.3 Å². The Hall–Kier alpha value is -4.97. The third-order valence-corrected chi connectivity index (χ3v) is 13.5. The maximum Gasteiger partial charge on any atom is 0.293 e. The Kier molecular flexibility index (Phi) is 15.3. The molecular formula is C43H47ClN6O7S3. The number of benzene rings is 5. The van der Waals surface area contributed by atoms with E-state index < -0.39 is 41.5 Å². The van der Waals surface area contributed by atoms with Crippen LogP contribution in [-0.2, 0) is 26.6 Å². The Morgan fingerprint density at radius 3 is 2.22 bits per heavy atom. The standard InChI is InChI=1S/C43H47ClN6O7S3/c1-59(54,55)45-24-8-7-10-36(31-58-38-11-3-2-4-12-38)46-41-23-22-39(29-42(41)50(52)53)60(56,57)47-43(51)33-16-20-37(21-17-33)49-27-25-48(26-28-49)30-34-9-5-6-13-40(34)32-14-18-35(44)19-15-32/h2-6,9,11-23,29,36,45-46H,7-8,10,24-28,30-31H2,1H3,(H,47,51)/t36-/m1/s1. The van der Waals surface area contributed by atoms with Gasteiger partial charge in [-0.25, -0.2) is 26.3 Å². The number of carbonyl (C=O) groups excluding carboxylic acids is 1. The summed E-state index contributed by atoms with van der Waals surface area (Å²) in [6.45, 7) is 4.25. The number of nitro groups is 1. The van der Waals surface area contributed by atoms with Crippen molar-refractivity contribution in [3.05, 3.63) is 148 Å². The molecule has 1 heterocycles. The van der Waals surface area contributed by atoms with E-state index in [4.69, 9.17) is 11.6 Å². The van der Waals surface area contributed by atoms with E-state index in [0.29, 0.717) is 30.0 Å². The molecule has 316 valence electrons. The highest BCUT2D eigenvalue weighted by molar-refractivity contribution is 7.99. The van der Waals surface area contributed by atoms with E-state index >= 15 is 0 Å². The second kappa shape index (κ2) is 20.5. The van der Waals surface area contributed by atoms with E-state index in [1.54, 1.807) is 36.0 Å². The van der Waals surface area contributed by atoms with Gasteiger partial charge in [0.15, 0.2) is 0 Å². The molecule has 1 atom stereocenters. The zero-order valence-corrected chi connectivity index (χ0v) is 36.2. The number of thioether (sulfide) groups is 1. The second-order valence-electron chi connectivity index (χ2n) is 14.5. The quantitative estimate of drug-likeness (QED) is 0.0322. The number of unbranched alkanes of at least 4 members (excludes halogenated alkanes) is 1. The number of hydrogen-bond acceptors (Lipinski definition) is 11. The van der Waals surface area contributed by atoms with Crippen LogP contribution in [0.1, 0.15) is 35.2 Å². The summed E-state index contributed by atoms with van der Waals surface area (Å²) in [4.78, 5) is 30.0. The van der Waals surface area contributed by atoms with Crippen molar-refractivity contribution in [3.8, 4) is 11.1 Å². The molecular weight excluding hydrogens is 844 g/mol. The molecule has 5 aromatic carbocycles. The van der Waals surface area contributed by atoms with Gasteiger partial charge in [0, 0.05) is 78.3 Å². The first kappa shape index (κ1) is 44.6. The molecule has 1 amide bonds. The average Bonchev–Trinajstić information content (AvgIpc) is 3.23. The minimum Gasteiger partial charge on any atom is -0.376 e. The van der Waals surface area contributed by atoms with E-state index in [0.717, 1.165) is 61.2 Å². The molecule has 0 aromatic heterocycles. The lowest BCUT2D eigenvalue weighted by molar-refractivity contribution is -0.384. The molecule has 0 aliphatic carbocycles. The molecule has 1 fully saturated rings. The van der Waals surface area contributed by atoms with Gasteiger partial charge >= 0.3 is 0 Å². The van der Waals surface area contributed by atoms with Crippen LogP contribution in [0.3, 0.4) is 0 Å². The van der Waals surface area contributed by atoms with Crippen molar-refractivity contribution in [2.24, 2.45) is 0 Å². The van der Waals surface area contributed by atoms with Gasteiger partial charge in [0.1, 0.15) is 5.69 Å². The molecule has 1 aliphatic rings. The molecule has 17 heteroatoms. The van der Waals surface area contributed by atoms with Gasteiger partial charge in [0.2, 0.25) is 10.0 Å². The highest BCUT2D eigenvalue weighted by atomic mass is 35.5. The fraction of sp³-hybridized carbons (Fsp3) is 0.279. The lowest BCUT2D eigenvalue weighted by Crippen LogP contribution is -2.46. The maximum atomic E-state index is 13.4. The average molecular weight is 892 g/mol. The minimum atomic E-state index is -4.49. The first-order valence-electron chi connectivity index (χ1n) is 19.4. The molecule has 5 aromatic rings. The van der Waals surface area contributed by atoms with Gasteiger partial charge in [-0.3, -0.25) is 19.8 Å². The summed E-state index contributed by atoms with van der Waals surface area (Å²) in [7, 11) is -7.81. The number of piperazine rings is 1. The maximum absolute atomic E-state index is 13.4. The van der Waals surface area contributed by atoms with Gasteiger partial charge in [0.25, 0.3) is 21.6 Å². The number of nitro benzene ring substituents is 1. The monoisotopic (exact) mass is 890 g/mol. The Labute approximate surface area is 360 Å². The molecule has 0 unspecified atom stereocenters. The van der Waals surface area contributed by atoms with E-state index in [2.05, 4.69) is 36.7 Å². The summed E-state index contributed by atoms with van der Waals surface area (Å²) < 4.78 is 54.2. The molecule has 13 nitrogen and oxygen atoms in total. The van der Waals surface area contributed by atoms with Crippen LogP contribution in [0, 0.1) is 10.1 Å². The largest absolute Gasteiger partial charge is 0.376 e. The molecule has 60 heavy (non-hydrogen) atoms. The number of amides is 1. The normalized spacial score (nSPS) is 14.1. The van der Waals surface area contributed by atoms with Crippen LogP contribution in [0.25, 0.3) is 11.1 Å². The highest BCUT2D eigenvalue weighted by Crippen LogP contribution is 2.31. The fourth-order valence-electron chi connectivity index (χ4n) is 6.89. The fourth-order valence-corrected chi connectivity index (χ4v) is 9.52.